The molecule has 1 saturated heterocycles. The van der Waals surface area contributed by atoms with Crippen molar-refractivity contribution in [1.29, 1.82) is 0 Å². The Bertz CT molecular complexity index is 814. The Hall–Kier alpha value is -1.77. The summed E-state index contributed by atoms with van der Waals surface area (Å²) < 4.78 is 29.2. The van der Waals surface area contributed by atoms with Gasteiger partial charge < -0.3 is 0 Å². The average Bonchev–Trinajstić information content (AvgIpc) is 3.24. The topological polar surface area (TPSA) is 71.3 Å². The van der Waals surface area contributed by atoms with Gasteiger partial charge in [0.05, 0.1) is 11.4 Å². The van der Waals surface area contributed by atoms with Gasteiger partial charge in [-0.05, 0) is 43.4 Å². The summed E-state index contributed by atoms with van der Waals surface area (Å²) in [7, 11) is -0.153. The van der Waals surface area contributed by atoms with Crippen LogP contribution in [0.2, 0.25) is 0 Å². The number of aromatic nitrogens is 3. The van der Waals surface area contributed by atoms with E-state index >= 15 is 0 Å². The Morgan fingerprint density at radius 3 is 2.72 bits per heavy atom. The van der Waals surface area contributed by atoms with Gasteiger partial charge in [0.15, 0.2) is 0 Å². The zero-order valence-corrected chi connectivity index (χ0v) is 15.8. The van der Waals surface area contributed by atoms with Crippen molar-refractivity contribution in [3.05, 3.63) is 36.2 Å². The van der Waals surface area contributed by atoms with Gasteiger partial charge in [0.1, 0.15) is 0 Å². The van der Waals surface area contributed by atoms with Crippen LogP contribution in [0.25, 0.3) is 11.4 Å². The van der Waals surface area contributed by atoms with E-state index in [0.717, 1.165) is 36.3 Å². The zero-order valence-electron chi connectivity index (χ0n) is 15.0. The van der Waals surface area contributed by atoms with Crippen LogP contribution >= 0.6 is 0 Å². The fourth-order valence-corrected chi connectivity index (χ4v) is 4.43. The monoisotopic (exact) mass is 363 g/mol. The lowest BCUT2D eigenvalue weighted by atomic mass is 10.00. The second kappa shape index (κ2) is 7.23. The van der Waals surface area contributed by atoms with Gasteiger partial charge in [-0.25, -0.2) is 0 Å². The fourth-order valence-electron chi connectivity index (χ4n) is 3.24. The van der Waals surface area contributed by atoms with Gasteiger partial charge in [-0.2, -0.15) is 22.1 Å². The third-order valence-electron chi connectivity index (χ3n) is 4.66. The maximum absolute atomic E-state index is 12.2. The Labute approximate surface area is 149 Å². The summed E-state index contributed by atoms with van der Waals surface area (Å²) in [5.41, 5.74) is 3.06. The van der Waals surface area contributed by atoms with Crippen LogP contribution in [0.15, 0.2) is 30.6 Å². The Morgan fingerprint density at radius 1 is 1.28 bits per heavy atom. The van der Waals surface area contributed by atoms with Crippen LogP contribution in [0.5, 0.6) is 0 Å². The highest BCUT2D eigenvalue weighted by atomic mass is 32.2. The molecule has 3 heterocycles. The van der Waals surface area contributed by atoms with Crippen LogP contribution in [-0.4, -0.2) is 59.0 Å². The molecule has 1 atom stereocenters. The Kier molecular flexibility index (Phi) is 5.21. The molecule has 0 aliphatic carbocycles. The van der Waals surface area contributed by atoms with E-state index in [9.17, 15) is 8.42 Å². The third-order valence-corrected chi connectivity index (χ3v) is 6.57. The van der Waals surface area contributed by atoms with Crippen LogP contribution in [0.1, 0.15) is 18.9 Å². The highest BCUT2D eigenvalue weighted by Gasteiger charge is 2.32. The first kappa shape index (κ1) is 18.0. The lowest BCUT2D eigenvalue weighted by molar-refractivity contribution is 0.409. The molecule has 0 radical (unpaired) electrons. The van der Waals surface area contributed by atoms with Crippen LogP contribution in [0, 0.1) is 5.92 Å². The fraction of sp³-hybridized carbons (Fsp3) is 0.529. The van der Waals surface area contributed by atoms with Crippen molar-refractivity contribution in [2.24, 2.45) is 5.92 Å². The molecule has 7 nitrogen and oxygen atoms in total. The molecule has 1 fully saturated rings. The molecule has 1 aliphatic heterocycles. The van der Waals surface area contributed by atoms with E-state index in [4.69, 9.17) is 0 Å². The van der Waals surface area contributed by atoms with E-state index in [-0.39, 0.29) is 0 Å². The highest BCUT2D eigenvalue weighted by Crippen LogP contribution is 2.24. The number of hydrogen-bond donors (Lipinski definition) is 0. The Balaban J connectivity index is 1.65. The van der Waals surface area contributed by atoms with Crippen molar-refractivity contribution >= 4 is 10.2 Å². The summed E-state index contributed by atoms with van der Waals surface area (Å²) in [6.45, 7) is 4.03. The van der Waals surface area contributed by atoms with E-state index in [2.05, 4.69) is 23.1 Å². The largest absolute Gasteiger partial charge is 0.281 e. The van der Waals surface area contributed by atoms with Crippen molar-refractivity contribution in [1.82, 2.24) is 23.4 Å². The second-order valence-corrected chi connectivity index (χ2v) is 8.73. The maximum atomic E-state index is 12.2. The number of hydrogen-bond acceptors (Lipinski definition) is 4. The molecule has 1 aliphatic rings. The summed E-state index contributed by atoms with van der Waals surface area (Å²) in [5, 5.41) is 4.27. The Morgan fingerprint density at radius 2 is 2.08 bits per heavy atom. The number of rotatable bonds is 6. The highest BCUT2D eigenvalue weighted by molar-refractivity contribution is 7.86. The van der Waals surface area contributed by atoms with Gasteiger partial charge >= 0.3 is 0 Å². The molecule has 0 spiro atoms. The molecular formula is C17H25N5O2S. The predicted molar refractivity (Wildman–Crippen MR) is 97.1 cm³/mol. The molecule has 25 heavy (non-hydrogen) atoms. The third kappa shape index (κ3) is 3.75. The van der Waals surface area contributed by atoms with Crippen molar-refractivity contribution in [3.8, 4) is 11.4 Å². The van der Waals surface area contributed by atoms with E-state index in [1.54, 1.807) is 24.6 Å². The van der Waals surface area contributed by atoms with Crippen LogP contribution in [-0.2, 0) is 23.2 Å². The molecule has 0 bridgehead atoms. The lowest BCUT2D eigenvalue weighted by Gasteiger charge is -2.20. The number of nitrogens with zero attached hydrogens (tertiary/aromatic N) is 5. The SMILES string of the molecule is CCn1nccc1-c1ccc(CC2CCN(S(=O)(=O)N(C)C)C2)cn1. The van der Waals surface area contributed by atoms with E-state index in [1.165, 1.54) is 4.31 Å². The molecule has 0 saturated carbocycles. The van der Waals surface area contributed by atoms with E-state index in [1.807, 2.05) is 23.0 Å². The summed E-state index contributed by atoms with van der Waals surface area (Å²) >= 11 is 0. The summed E-state index contributed by atoms with van der Waals surface area (Å²) in [6.07, 6.45) is 5.41. The lowest BCUT2D eigenvalue weighted by Crippen LogP contribution is -2.38. The minimum atomic E-state index is -3.30. The molecule has 0 amide bonds. The quantitative estimate of drug-likeness (QED) is 0.782. The normalized spacial score (nSPS) is 19.0. The van der Waals surface area contributed by atoms with Crippen LogP contribution < -0.4 is 0 Å². The summed E-state index contributed by atoms with van der Waals surface area (Å²) in [4.78, 5) is 4.57. The molecule has 2 aromatic heterocycles. The van der Waals surface area contributed by atoms with Gasteiger partial charge in [-0.3, -0.25) is 9.67 Å². The summed E-state index contributed by atoms with van der Waals surface area (Å²) in [5.74, 6) is 0.337. The molecule has 1 unspecified atom stereocenters. The molecule has 0 aromatic carbocycles. The van der Waals surface area contributed by atoms with Crippen molar-refractivity contribution in [2.45, 2.75) is 26.3 Å². The van der Waals surface area contributed by atoms with Gasteiger partial charge in [-0.15, -0.1) is 0 Å². The molecule has 2 aromatic rings. The van der Waals surface area contributed by atoms with E-state index < -0.39 is 10.2 Å². The summed E-state index contributed by atoms with van der Waals surface area (Å²) in [6, 6.07) is 6.06. The van der Waals surface area contributed by atoms with Gasteiger partial charge in [-0.1, -0.05) is 6.07 Å². The first-order chi connectivity index (χ1) is 11.9. The maximum Gasteiger partial charge on any atom is 0.281 e. The molecule has 0 N–H and O–H groups in total. The minimum Gasteiger partial charge on any atom is -0.264 e. The first-order valence-electron chi connectivity index (χ1n) is 8.56. The van der Waals surface area contributed by atoms with Gasteiger partial charge in [0.2, 0.25) is 0 Å². The average molecular weight is 363 g/mol. The number of aryl methyl sites for hydroxylation is 1. The molecule has 136 valence electrons. The smallest absolute Gasteiger partial charge is 0.264 e. The number of pyridine rings is 1. The zero-order chi connectivity index (χ0) is 18.0. The van der Waals surface area contributed by atoms with Crippen molar-refractivity contribution < 1.29 is 8.42 Å². The predicted octanol–water partition coefficient (Wildman–Crippen LogP) is 1.64. The standard InChI is InChI=1S/C17H25N5O2S/c1-4-22-17(7-9-19-22)16-6-5-14(12-18-16)11-15-8-10-21(13-15)25(23,24)20(2)3/h5-7,9,12,15H,4,8,10-11,13H2,1-3H3. The van der Waals surface area contributed by atoms with Gasteiger partial charge in [0, 0.05) is 46.1 Å². The molecule has 3 rings (SSSR count). The first-order valence-corrected chi connectivity index (χ1v) is 9.96. The van der Waals surface area contributed by atoms with Crippen molar-refractivity contribution in [3.63, 3.8) is 0 Å². The van der Waals surface area contributed by atoms with Crippen LogP contribution in [0.4, 0.5) is 0 Å². The molecular weight excluding hydrogens is 338 g/mol. The molecule has 8 heteroatoms. The van der Waals surface area contributed by atoms with E-state index in [0.29, 0.717) is 19.0 Å². The minimum absolute atomic E-state index is 0.337. The second-order valence-electron chi connectivity index (χ2n) is 6.59. The van der Waals surface area contributed by atoms with Crippen LogP contribution in [0.3, 0.4) is 0 Å². The van der Waals surface area contributed by atoms with Crippen molar-refractivity contribution in [2.75, 3.05) is 27.2 Å². The van der Waals surface area contributed by atoms with Gasteiger partial charge in [0.25, 0.3) is 10.2 Å².